The van der Waals surface area contributed by atoms with Gasteiger partial charge in [0.2, 0.25) is 0 Å². The topological polar surface area (TPSA) is 32.3 Å². The smallest absolute Gasteiger partial charge is 0.317 e. The number of hydrogen-bond donors (Lipinski definition) is 1. The van der Waals surface area contributed by atoms with Crippen molar-refractivity contribution in [1.29, 1.82) is 0 Å². The van der Waals surface area contributed by atoms with E-state index in [1.807, 2.05) is 7.05 Å². The second-order valence-corrected chi connectivity index (χ2v) is 6.18. The third kappa shape index (κ3) is 4.87. The predicted octanol–water partition coefficient (Wildman–Crippen LogP) is 3.71. The molecule has 0 aliphatic rings. The number of rotatable bonds is 6. The highest BCUT2D eigenvalue weighted by Crippen LogP contribution is 2.22. The number of carbonyl (C=O) groups excluding carboxylic acids is 1. The summed E-state index contributed by atoms with van der Waals surface area (Å²) in [5, 5.41) is 3.03. The highest BCUT2D eigenvalue weighted by atomic mass is 16.2. The first-order valence-corrected chi connectivity index (χ1v) is 7.43. The van der Waals surface area contributed by atoms with E-state index in [4.69, 9.17) is 0 Å². The Labute approximate surface area is 123 Å². The van der Waals surface area contributed by atoms with Gasteiger partial charge in [0.05, 0.1) is 0 Å². The van der Waals surface area contributed by atoms with Crippen LogP contribution in [-0.2, 0) is 5.41 Å². The molecular weight excluding hydrogens is 248 g/mol. The fraction of sp³-hybridized carbons (Fsp3) is 0.588. The molecule has 3 heteroatoms. The van der Waals surface area contributed by atoms with E-state index in [1.165, 1.54) is 11.1 Å². The van der Waals surface area contributed by atoms with E-state index in [0.29, 0.717) is 6.54 Å². The minimum atomic E-state index is -0.0606. The van der Waals surface area contributed by atoms with Crippen molar-refractivity contribution in [2.75, 3.05) is 20.1 Å². The number of aryl methyl sites for hydroxylation is 1. The number of nitrogens with zero attached hydrogens (tertiary/aromatic N) is 1. The standard InChI is InChI=1S/C17H28N2O/c1-6-7-12-19(5)16(20)18-13-17(3,4)15-10-8-14(2)9-11-15/h8-11H,6-7,12-13H2,1-5H3,(H,18,20). The van der Waals surface area contributed by atoms with E-state index in [0.717, 1.165) is 19.4 Å². The van der Waals surface area contributed by atoms with Gasteiger partial charge < -0.3 is 10.2 Å². The highest BCUT2D eigenvalue weighted by Gasteiger charge is 2.21. The first-order valence-electron chi connectivity index (χ1n) is 7.43. The van der Waals surface area contributed by atoms with Gasteiger partial charge in [-0.1, -0.05) is 57.0 Å². The van der Waals surface area contributed by atoms with Gasteiger partial charge in [-0.2, -0.15) is 0 Å². The second-order valence-electron chi connectivity index (χ2n) is 6.18. The molecule has 0 bridgehead atoms. The fourth-order valence-electron chi connectivity index (χ4n) is 2.04. The maximum Gasteiger partial charge on any atom is 0.317 e. The largest absolute Gasteiger partial charge is 0.337 e. The molecule has 0 saturated heterocycles. The van der Waals surface area contributed by atoms with Gasteiger partial charge in [-0.15, -0.1) is 0 Å². The molecule has 0 saturated carbocycles. The molecule has 1 aromatic carbocycles. The minimum Gasteiger partial charge on any atom is -0.337 e. The molecule has 0 aliphatic carbocycles. The van der Waals surface area contributed by atoms with Crippen molar-refractivity contribution in [2.45, 2.75) is 46.0 Å². The number of hydrogen-bond acceptors (Lipinski definition) is 1. The zero-order valence-corrected chi connectivity index (χ0v) is 13.5. The molecule has 0 atom stereocenters. The van der Waals surface area contributed by atoms with E-state index < -0.39 is 0 Å². The lowest BCUT2D eigenvalue weighted by atomic mass is 9.84. The van der Waals surface area contributed by atoms with Crippen molar-refractivity contribution < 1.29 is 4.79 Å². The molecule has 0 aliphatic heterocycles. The Morgan fingerprint density at radius 1 is 1.25 bits per heavy atom. The van der Waals surface area contributed by atoms with Crippen LogP contribution < -0.4 is 5.32 Å². The van der Waals surface area contributed by atoms with Gasteiger partial charge in [-0.3, -0.25) is 0 Å². The van der Waals surface area contributed by atoms with Crippen molar-refractivity contribution in [3.05, 3.63) is 35.4 Å². The molecule has 1 rings (SSSR count). The molecule has 0 fully saturated rings. The van der Waals surface area contributed by atoms with Crippen LogP contribution in [0, 0.1) is 6.92 Å². The predicted molar refractivity (Wildman–Crippen MR) is 85.1 cm³/mol. The van der Waals surface area contributed by atoms with Gasteiger partial charge in [0.15, 0.2) is 0 Å². The van der Waals surface area contributed by atoms with Gasteiger partial charge in [-0.05, 0) is 18.9 Å². The molecular formula is C17H28N2O. The lowest BCUT2D eigenvalue weighted by molar-refractivity contribution is 0.205. The van der Waals surface area contributed by atoms with Gasteiger partial charge in [0, 0.05) is 25.6 Å². The van der Waals surface area contributed by atoms with E-state index in [-0.39, 0.29) is 11.4 Å². The van der Waals surface area contributed by atoms with E-state index in [1.54, 1.807) is 4.90 Å². The van der Waals surface area contributed by atoms with Crippen LogP contribution in [0.3, 0.4) is 0 Å². The van der Waals surface area contributed by atoms with Crippen molar-refractivity contribution >= 4 is 6.03 Å². The Hall–Kier alpha value is -1.51. The number of carbonyl (C=O) groups is 1. The molecule has 0 radical (unpaired) electrons. The van der Waals surface area contributed by atoms with Gasteiger partial charge in [0.25, 0.3) is 0 Å². The van der Waals surface area contributed by atoms with E-state index in [9.17, 15) is 4.79 Å². The third-order valence-corrected chi connectivity index (χ3v) is 3.71. The third-order valence-electron chi connectivity index (χ3n) is 3.71. The minimum absolute atomic E-state index is 0.0126. The average Bonchev–Trinajstić information content (AvgIpc) is 2.42. The fourth-order valence-corrected chi connectivity index (χ4v) is 2.04. The molecule has 0 aromatic heterocycles. The van der Waals surface area contributed by atoms with Gasteiger partial charge in [0.1, 0.15) is 0 Å². The molecule has 0 unspecified atom stereocenters. The maximum absolute atomic E-state index is 12.0. The molecule has 1 aromatic rings. The lowest BCUT2D eigenvalue weighted by Crippen LogP contribution is -2.43. The summed E-state index contributed by atoms with van der Waals surface area (Å²) >= 11 is 0. The van der Waals surface area contributed by atoms with Crippen LogP contribution in [0.15, 0.2) is 24.3 Å². The van der Waals surface area contributed by atoms with Gasteiger partial charge in [-0.25, -0.2) is 4.79 Å². The number of unbranched alkanes of at least 4 members (excludes halogenated alkanes) is 1. The van der Waals surface area contributed by atoms with Crippen molar-refractivity contribution in [1.82, 2.24) is 10.2 Å². The normalized spacial score (nSPS) is 11.2. The van der Waals surface area contributed by atoms with Crippen LogP contribution in [0.25, 0.3) is 0 Å². The molecule has 1 N–H and O–H groups in total. The van der Waals surface area contributed by atoms with Crippen molar-refractivity contribution in [2.24, 2.45) is 0 Å². The van der Waals surface area contributed by atoms with Crippen LogP contribution in [0.2, 0.25) is 0 Å². The molecule has 20 heavy (non-hydrogen) atoms. The van der Waals surface area contributed by atoms with Crippen LogP contribution in [0.5, 0.6) is 0 Å². The summed E-state index contributed by atoms with van der Waals surface area (Å²) in [7, 11) is 1.85. The number of amides is 2. The molecule has 2 amide bonds. The van der Waals surface area contributed by atoms with Crippen LogP contribution in [-0.4, -0.2) is 31.1 Å². The van der Waals surface area contributed by atoms with E-state index in [2.05, 4.69) is 57.3 Å². The number of benzene rings is 1. The summed E-state index contributed by atoms with van der Waals surface area (Å²) in [4.78, 5) is 13.8. The molecule has 0 spiro atoms. The summed E-state index contributed by atoms with van der Waals surface area (Å²) in [5.41, 5.74) is 2.45. The van der Waals surface area contributed by atoms with Crippen LogP contribution in [0.1, 0.15) is 44.7 Å². The van der Waals surface area contributed by atoms with Crippen molar-refractivity contribution in [3.63, 3.8) is 0 Å². The number of urea groups is 1. The Balaban J connectivity index is 2.54. The van der Waals surface area contributed by atoms with Crippen molar-refractivity contribution in [3.8, 4) is 0 Å². The summed E-state index contributed by atoms with van der Waals surface area (Å²) < 4.78 is 0. The summed E-state index contributed by atoms with van der Waals surface area (Å²) in [6, 6.07) is 8.53. The monoisotopic (exact) mass is 276 g/mol. The lowest BCUT2D eigenvalue weighted by Gasteiger charge is -2.27. The Kier molecular flexibility index (Phi) is 6.05. The molecule has 3 nitrogen and oxygen atoms in total. The summed E-state index contributed by atoms with van der Waals surface area (Å²) in [6.07, 6.45) is 2.15. The maximum atomic E-state index is 12.0. The first-order chi connectivity index (χ1) is 9.36. The SMILES string of the molecule is CCCCN(C)C(=O)NCC(C)(C)c1ccc(C)cc1. The molecule has 112 valence electrons. The second kappa shape index (κ2) is 7.32. The summed E-state index contributed by atoms with van der Waals surface area (Å²) in [5.74, 6) is 0. The average molecular weight is 276 g/mol. The Morgan fingerprint density at radius 2 is 1.85 bits per heavy atom. The molecule has 0 heterocycles. The van der Waals surface area contributed by atoms with Crippen LogP contribution in [0.4, 0.5) is 4.79 Å². The Bertz CT molecular complexity index is 423. The first kappa shape index (κ1) is 16.5. The summed E-state index contributed by atoms with van der Waals surface area (Å²) in [6.45, 7) is 9.99. The highest BCUT2D eigenvalue weighted by molar-refractivity contribution is 5.73. The number of nitrogens with one attached hydrogen (secondary N) is 1. The van der Waals surface area contributed by atoms with Crippen LogP contribution >= 0.6 is 0 Å². The van der Waals surface area contributed by atoms with Gasteiger partial charge >= 0.3 is 6.03 Å². The zero-order valence-electron chi connectivity index (χ0n) is 13.5. The zero-order chi connectivity index (χ0) is 15.2. The Morgan fingerprint density at radius 3 is 2.40 bits per heavy atom. The quantitative estimate of drug-likeness (QED) is 0.844. The van der Waals surface area contributed by atoms with E-state index >= 15 is 0 Å².